The third-order valence-electron chi connectivity index (χ3n) is 13.8. The normalized spacial score (nSPS) is 28.1. The van der Waals surface area contributed by atoms with Crippen LogP contribution in [0.15, 0.2) is 41.2 Å². The zero-order valence-electron chi connectivity index (χ0n) is 41.0. The number of esters is 1. The van der Waals surface area contributed by atoms with Crippen molar-refractivity contribution in [2.45, 2.75) is 137 Å². The predicted octanol–water partition coefficient (Wildman–Crippen LogP) is 7.46. The molecular formula is C51H74N4O12. The lowest BCUT2D eigenvalue weighted by molar-refractivity contribution is -0.160. The van der Waals surface area contributed by atoms with Crippen LogP contribution in [0.5, 0.6) is 23.0 Å². The number of carbonyl (C=O) groups is 3. The van der Waals surface area contributed by atoms with E-state index in [9.17, 15) is 39.9 Å². The number of nitrogens with zero attached hydrogens (tertiary/aromatic N) is 3. The van der Waals surface area contributed by atoms with Crippen molar-refractivity contribution in [3.63, 3.8) is 0 Å². The molecule has 4 aliphatic heterocycles. The fraction of sp³-hybridized carbons (Fsp3) is 0.608. The summed E-state index contributed by atoms with van der Waals surface area (Å²) >= 11 is 0. The number of hydrogen-bond donors (Lipinski definition) is 6. The molecule has 5 bridgehead atoms. The van der Waals surface area contributed by atoms with E-state index in [1.807, 2.05) is 5.01 Å². The molecule has 1 fully saturated rings. The molecule has 0 radical (unpaired) electrons. The van der Waals surface area contributed by atoms with Gasteiger partial charge in [0, 0.05) is 80.8 Å². The SMILES string of the molecule is CCCCCCCCN1CCCN(N=Cc2c3c(O)c4c(O)c(C)c5c(c4c2O)C(=O)[C@@](C)(OC=C[C@H](OC)[C@H](C)[C@H](OC(C)=O)[C@H](C)[C@H](O)[C@H](C)[C@H](O)[C@H](C)C=CC=C(C)C(=O)N3)O5)CC1. The summed E-state index contributed by atoms with van der Waals surface area (Å²) < 4.78 is 23.8. The molecule has 1 amide bonds. The van der Waals surface area contributed by atoms with Gasteiger partial charge in [-0.2, -0.15) is 5.10 Å². The van der Waals surface area contributed by atoms with Gasteiger partial charge in [0.05, 0.1) is 53.0 Å². The van der Waals surface area contributed by atoms with Crippen molar-refractivity contribution in [3.05, 3.63) is 52.8 Å². The molecule has 16 heteroatoms. The fourth-order valence-corrected chi connectivity index (χ4v) is 9.42. The van der Waals surface area contributed by atoms with Gasteiger partial charge in [-0.15, -0.1) is 0 Å². The van der Waals surface area contributed by atoms with E-state index in [1.54, 1.807) is 46.8 Å². The van der Waals surface area contributed by atoms with Crippen LogP contribution in [-0.4, -0.2) is 129 Å². The fourth-order valence-electron chi connectivity index (χ4n) is 9.42. The van der Waals surface area contributed by atoms with Crippen molar-refractivity contribution in [1.29, 1.82) is 0 Å². The first-order valence-electron chi connectivity index (χ1n) is 23.9. The molecule has 4 heterocycles. The van der Waals surface area contributed by atoms with Crippen molar-refractivity contribution in [1.82, 2.24) is 9.91 Å². The van der Waals surface area contributed by atoms with E-state index in [2.05, 4.69) is 17.1 Å². The van der Waals surface area contributed by atoms with Gasteiger partial charge in [0.2, 0.25) is 0 Å². The van der Waals surface area contributed by atoms with Crippen molar-refractivity contribution < 1.29 is 58.9 Å². The number of phenols is 3. The van der Waals surface area contributed by atoms with Gasteiger partial charge in [-0.25, -0.2) is 0 Å². The number of aliphatic hydroxyl groups is 2. The first-order chi connectivity index (χ1) is 31.8. The summed E-state index contributed by atoms with van der Waals surface area (Å²) in [6.45, 7) is 18.7. The Bertz CT molecular complexity index is 2220. The highest BCUT2D eigenvalue weighted by molar-refractivity contribution is 6.23. The number of unbranched alkanes of at least 4 members (excludes halogenated alkanes) is 5. The van der Waals surface area contributed by atoms with Crippen LogP contribution in [0.2, 0.25) is 0 Å². The third kappa shape index (κ3) is 11.9. The topological polar surface area (TPSA) is 220 Å². The largest absolute Gasteiger partial charge is 0.507 e. The van der Waals surface area contributed by atoms with Crippen molar-refractivity contribution in [3.8, 4) is 23.0 Å². The molecule has 0 unspecified atom stereocenters. The van der Waals surface area contributed by atoms with Crippen molar-refractivity contribution >= 4 is 40.3 Å². The molecule has 1 saturated heterocycles. The summed E-state index contributed by atoms with van der Waals surface area (Å²) in [7, 11) is 1.45. The summed E-state index contributed by atoms with van der Waals surface area (Å²) in [4.78, 5) is 43.4. The molecular weight excluding hydrogens is 861 g/mol. The van der Waals surface area contributed by atoms with Crippen LogP contribution in [-0.2, 0) is 23.8 Å². The van der Waals surface area contributed by atoms with E-state index in [1.165, 1.54) is 84.6 Å². The number of benzene rings is 2. The van der Waals surface area contributed by atoms with Gasteiger partial charge in [-0.1, -0.05) is 85.0 Å². The molecule has 370 valence electrons. The number of ketones is 1. The Hall–Kier alpha value is -5.16. The molecule has 4 aliphatic rings. The Labute approximate surface area is 395 Å². The molecule has 6 N–H and O–H groups in total. The van der Waals surface area contributed by atoms with Gasteiger partial charge in [0.15, 0.2) is 5.75 Å². The number of aliphatic hydroxyl groups excluding tert-OH is 2. The van der Waals surface area contributed by atoms with E-state index in [-0.39, 0.29) is 44.5 Å². The molecule has 0 aromatic heterocycles. The number of hydrazone groups is 1. The highest BCUT2D eigenvalue weighted by Gasteiger charge is 2.50. The molecule has 9 atom stereocenters. The zero-order valence-corrected chi connectivity index (χ0v) is 41.0. The number of Topliss-reactive ketones (excluding diaryl/α,β-unsaturated/α-hetero) is 1. The maximum absolute atomic E-state index is 14.6. The van der Waals surface area contributed by atoms with Gasteiger partial charge < -0.3 is 54.7 Å². The Morgan fingerprint density at radius 3 is 2.30 bits per heavy atom. The van der Waals surface area contributed by atoms with E-state index in [0.29, 0.717) is 13.1 Å². The van der Waals surface area contributed by atoms with E-state index in [4.69, 9.17) is 24.0 Å². The predicted molar refractivity (Wildman–Crippen MR) is 257 cm³/mol. The number of anilines is 1. The second kappa shape index (κ2) is 23.2. The highest BCUT2D eigenvalue weighted by Crippen LogP contribution is 2.55. The number of carbonyl (C=O) groups excluding carboxylic acids is 3. The number of aromatic hydroxyl groups is 3. The van der Waals surface area contributed by atoms with Crippen molar-refractivity contribution in [2.24, 2.45) is 28.8 Å². The average Bonchev–Trinajstić information content (AvgIpc) is 3.40. The molecule has 6 rings (SSSR count). The molecule has 16 nitrogen and oxygen atoms in total. The van der Waals surface area contributed by atoms with Crippen molar-refractivity contribution in [2.75, 3.05) is 45.2 Å². The van der Waals surface area contributed by atoms with Crippen LogP contribution < -0.4 is 10.1 Å². The van der Waals surface area contributed by atoms with Gasteiger partial charge >= 0.3 is 11.8 Å². The second-order valence-corrected chi connectivity index (χ2v) is 18.8. The lowest BCUT2D eigenvalue weighted by Gasteiger charge is -2.38. The summed E-state index contributed by atoms with van der Waals surface area (Å²) in [5.41, 5.74) is -0.293. The minimum absolute atomic E-state index is 0.0630. The number of fused-ring (bicyclic) bond motifs is 14. The van der Waals surface area contributed by atoms with Crippen LogP contribution in [0.3, 0.4) is 0 Å². The Balaban J connectivity index is 1.61. The first kappa shape index (κ1) is 52.8. The molecule has 0 aliphatic carbocycles. The summed E-state index contributed by atoms with van der Waals surface area (Å²) in [6.07, 6.45) is 13.1. The Morgan fingerprint density at radius 1 is 0.910 bits per heavy atom. The van der Waals surface area contributed by atoms with Crippen LogP contribution in [0.25, 0.3) is 10.8 Å². The number of allylic oxidation sites excluding steroid dienone is 2. The van der Waals surface area contributed by atoms with E-state index >= 15 is 0 Å². The van der Waals surface area contributed by atoms with Gasteiger partial charge in [0.1, 0.15) is 23.4 Å². The summed E-state index contributed by atoms with van der Waals surface area (Å²) in [5, 5.41) is 67.9. The first-order valence-corrected chi connectivity index (χ1v) is 23.9. The molecule has 2 aromatic carbocycles. The molecule has 0 spiro atoms. The molecule has 67 heavy (non-hydrogen) atoms. The number of methoxy groups -OCH3 is 1. The number of hydrogen-bond acceptors (Lipinski definition) is 15. The van der Waals surface area contributed by atoms with Gasteiger partial charge in [-0.05, 0) is 45.9 Å². The number of amides is 1. The quantitative estimate of drug-likeness (QED) is 0.0424. The maximum atomic E-state index is 14.6. The number of phenolic OH excluding ortho intramolecular Hbond substituents is 3. The number of rotatable bonds is 11. The van der Waals surface area contributed by atoms with E-state index in [0.717, 1.165) is 32.5 Å². The van der Waals surface area contributed by atoms with Crippen LogP contribution in [0, 0.1) is 30.6 Å². The zero-order chi connectivity index (χ0) is 49.3. The standard InChI is InChI=1S/C51H74N4O12/c1-11-12-13-14-15-16-22-54-23-18-24-55(26-25-54)52-28-36-41-46(61)39-38(45(36)60)40-48(34(7)44(39)59)67-51(9,49(40)62)65-27-21-37(64-10)31(4)47(66-35(8)56)33(6)43(58)32(5)42(57)29(2)19-17-20-30(3)50(63)53-41/h17,19-21,27-29,31-33,37,42-43,47,57-61H,11-16,18,22-26H2,1-10H3,(H,53,63)/t29-,31+,32-,33-,37+,42-,43-,47+,51+/m1/s1. The van der Waals surface area contributed by atoms with Crippen LogP contribution in [0.1, 0.15) is 122 Å². The smallest absolute Gasteiger partial charge is 0.312 e. The Morgan fingerprint density at radius 2 is 1.61 bits per heavy atom. The number of nitrogens with one attached hydrogen (secondary N) is 1. The minimum atomic E-state index is -2.05. The second-order valence-electron chi connectivity index (χ2n) is 18.8. The lowest BCUT2D eigenvalue weighted by atomic mass is 9.78. The van der Waals surface area contributed by atoms with E-state index < -0.39 is 88.8 Å². The monoisotopic (exact) mass is 935 g/mol. The summed E-state index contributed by atoms with van der Waals surface area (Å²) in [5.74, 6) is -8.30. The van der Waals surface area contributed by atoms with Crippen LogP contribution in [0.4, 0.5) is 5.69 Å². The average molecular weight is 935 g/mol. The third-order valence-corrected chi connectivity index (χ3v) is 13.8. The van der Waals surface area contributed by atoms with Gasteiger partial charge in [-0.3, -0.25) is 19.4 Å². The molecule has 2 aromatic rings. The Kier molecular flexibility index (Phi) is 18.3. The maximum Gasteiger partial charge on any atom is 0.312 e. The molecule has 0 saturated carbocycles. The summed E-state index contributed by atoms with van der Waals surface area (Å²) in [6, 6.07) is 0. The lowest BCUT2D eigenvalue weighted by Crippen LogP contribution is -2.46. The number of ether oxygens (including phenoxy) is 4. The van der Waals surface area contributed by atoms with Gasteiger partial charge in [0.25, 0.3) is 11.7 Å². The minimum Gasteiger partial charge on any atom is -0.507 e. The van der Waals surface area contributed by atoms with Crippen LogP contribution >= 0.6 is 0 Å². The highest BCUT2D eigenvalue weighted by atomic mass is 16.7.